The van der Waals surface area contributed by atoms with E-state index in [0.717, 1.165) is 11.3 Å². The molecule has 16 heavy (non-hydrogen) atoms. The summed E-state index contributed by atoms with van der Waals surface area (Å²) in [6.07, 6.45) is 0. The summed E-state index contributed by atoms with van der Waals surface area (Å²) in [5.41, 5.74) is 7.35. The molecule has 0 spiro atoms. The average molecular weight is 240 g/mol. The molecule has 1 saturated carbocycles. The van der Waals surface area contributed by atoms with E-state index in [1.807, 2.05) is 12.1 Å². The van der Waals surface area contributed by atoms with Gasteiger partial charge in [-0.2, -0.15) is 0 Å². The van der Waals surface area contributed by atoms with Crippen molar-refractivity contribution >= 4 is 11.6 Å². The van der Waals surface area contributed by atoms with Gasteiger partial charge in [-0.1, -0.05) is 25.4 Å². The summed E-state index contributed by atoms with van der Waals surface area (Å²) in [6, 6.07) is 4.13. The smallest absolute Gasteiger partial charge is 0.231 e. The molecule has 86 valence electrons. The molecule has 2 aliphatic rings. The largest absolute Gasteiger partial charge is 0.454 e. The molecule has 0 bridgehead atoms. The first-order chi connectivity index (χ1) is 7.51. The van der Waals surface area contributed by atoms with Crippen LogP contribution in [0.1, 0.15) is 25.3 Å². The third-order valence-electron chi connectivity index (χ3n) is 3.72. The minimum atomic E-state index is 0.150. The van der Waals surface area contributed by atoms with Crippen molar-refractivity contribution in [2.75, 3.05) is 6.79 Å². The summed E-state index contributed by atoms with van der Waals surface area (Å²) >= 11 is 6.14. The fourth-order valence-electron chi connectivity index (χ4n) is 2.48. The number of hydrogen-bond donors (Lipinski definition) is 1. The molecule has 0 aromatic heterocycles. The van der Waals surface area contributed by atoms with Crippen molar-refractivity contribution in [3.8, 4) is 11.5 Å². The van der Waals surface area contributed by atoms with Crippen LogP contribution >= 0.6 is 11.6 Å². The average Bonchev–Trinajstić information content (AvgIpc) is 2.64. The van der Waals surface area contributed by atoms with Crippen LogP contribution in [-0.4, -0.2) is 12.8 Å². The lowest BCUT2D eigenvalue weighted by Crippen LogP contribution is -2.06. The second-order valence-corrected chi connectivity index (χ2v) is 5.47. The van der Waals surface area contributed by atoms with Gasteiger partial charge in [0.25, 0.3) is 0 Å². The van der Waals surface area contributed by atoms with Crippen molar-refractivity contribution in [3.05, 3.63) is 22.7 Å². The molecule has 1 aliphatic heterocycles. The molecule has 0 amide bonds. The zero-order chi connectivity index (χ0) is 11.5. The van der Waals surface area contributed by atoms with Gasteiger partial charge < -0.3 is 15.2 Å². The zero-order valence-corrected chi connectivity index (χ0v) is 10.0. The van der Waals surface area contributed by atoms with Crippen molar-refractivity contribution in [1.29, 1.82) is 0 Å². The number of fused-ring (bicyclic) bond motifs is 1. The molecular weight excluding hydrogens is 226 g/mol. The highest BCUT2D eigenvalue weighted by Gasteiger charge is 2.56. The van der Waals surface area contributed by atoms with E-state index in [2.05, 4.69) is 13.8 Å². The fourth-order valence-corrected chi connectivity index (χ4v) is 2.76. The standard InChI is InChI=1S/C12H14ClNO2/c1-12(2)9(11(12)14)6-3-7(13)10-8(4-6)15-5-16-10/h3-4,9,11H,5,14H2,1-2H3/t9-,11-/m0/s1. The first-order valence-corrected chi connectivity index (χ1v) is 5.74. The van der Waals surface area contributed by atoms with Crippen LogP contribution in [0.2, 0.25) is 5.02 Å². The Labute approximate surface area is 99.5 Å². The lowest BCUT2D eigenvalue weighted by molar-refractivity contribution is 0.174. The van der Waals surface area contributed by atoms with Gasteiger partial charge in [-0.3, -0.25) is 0 Å². The lowest BCUT2D eigenvalue weighted by atomic mass is 10.0. The maximum Gasteiger partial charge on any atom is 0.231 e. The van der Waals surface area contributed by atoms with Crippen molar-refractivity contribution in [1.82, 2.24) is 0 Å². The van der Waals surface area contributed by atoms with Gasteiger partial charge in [-0.25, -0.2) is 0 Å². The molecule has 1 fully saturated rings. The third kappa shape index (κ3) is 1.25. The second kappa shape index (κ2) is 3.05. The van der Waals surface area contributed by atoms with Gasteiger partial charge in [0.1, 0.15) is 0 Å². The molecule has 0 saturated heterocycles. The molecule has 0 radical (unpaired) electrons. The van der Waals surface area contributed by atoms with Gasteiger partial charge in [0.2, 0.25) is 6.79 Å². The first kappa shape index (κ1) is 10.2. The molecule has 4 heteroatoms. The number of halogens is 1. The Bertz CT molecular complexity index is 459. The molecule has 2 N–H and O–H groups in total. The quantitative estimate of drug-likeness (QED) is 0.819. The highest BCUT2D eigenvalue weighted by molar-refractivity contribution is 6.32. The van der Waals surface area contributed by atoms with Crippen LogP contribution in [0.4, 0.5) is 0 Å². The van der Waals surface area contributed by atoms with E-state index in [9.17, 15) is 0 Å². The van der Waals surface area contributed by atoms with E-state index in [1.165, 1.54) is 0 Å². The predicted octanol–water partition coefficient (Wildman–Crippen LogP) is 2.52. The molecular formula is C12H14ClNO2. The van der Waals surface area contributed by atoms with Gasteiger partial charge in [-0.15, -0.1) is 0 Å². The number of ether oxygens (including phenoxy) is 2. The Morgan fingerprint density at radius 3 is 2.69 bits per heavy atom. The monoisotopic (exact) mass is 239 g/mol. The van der Waals surface area contributed by atoms with E-state index in [4.69, 9.17) is 26.8 Å². The van der Waals surface area contributed by atoms with Gasteiger partial charge in [0.15, 0.2) is 11.5 Å². The van der Waals surface area contributed by atoms with Crippen molar-refractivity contribution in [2.24, 2.45) is 11.1 Å². The predicted molar refractivity (Wildman–Crippen MR) is 62.1 cm³/mol. The highest BCUT2D eigenvalue weighted by Crippen LogP contribution is 2.58. The number of benzene rings is 1. The molecule has 1 aromatic rings. The summed E-state index contributed by atoms with van der Waals surface area (Å²) in [4.78, 5) is 0. The van der Waals surface area contributed by atoms with Crippen LogP contribution in [0.5, 0.6) is 11.5 Å². The normalized spacial score (nSPS) is 29.2. The third-order valence-corrected chi connectivity index (χ3v) is 4.00. The zero-order valence-electron chi connectivity index (χ0n) is 9.29. The van der Waals surface area contributed by atoms with Crippen LogP contribution in [0.25, 0.3) is 0 Å². The van der Waals surface area contributed by atoms with Crippen LogP contribution in [0.15, 0.2) is 12.1 Å². The van der Waals surface area contributed by atoms with Crippen LogP contribution in [-0.2, 0) is 0 Å². The van der Waals surface area contributed by atoms with E-state index in [1.54, 1.807) is 0 Å². The lowest BCUT2D eigenvalue weighted by Gasteiger charge is -2.06. The molecule has 1 heterocycles. The molecule has 1 aliphatic carbocycles. The number of nitrogens with two attached hydrogens (primary N) is 1. The van der Waals surface area contributed by atoms with E-state index in [0.29, 0.717) is 16.7 Å². The van der Waals surface area contributed by atoms with Crippen molar-refractivity contribution in [3.63, 3.8) is 0 Å². The highest BCUT2D eigenvalue weighted by atomic mass is 35.5. The van der Waals surface area contributed by atoms with E-state index >= 15 is 0 Å². The minimum Gasteiger partial charge on any atom is -0.454 e. The minimum absolute atomic E-state index is 0.150. The van der Waals surface area contributed by atoms with E-state index in [-0.39, 0.29) is 18.2 Å². The molecule has 1 aromatic carbocycles. The topological polar surface area (TPSA) is 44.5 Å². The van der Waals surface area contributed by atoms with Crippen molar-refractivity contribution < 1.29 is 9.47 Å². The van der Waals surface area contributed by atoms with Crippen LogP contribution < -0.4 is 15.2 Å². The SMILES string of the molecule is CC1(C)[C@@H](N)[C@@H]1c1cc(Cl)c2c(c1)OCO2. The number of hydrogen-bond acceptors (Lipinski definition) is 3. The van der Waals surface area contributed by atoms with Gasteiger partial charge in [-0.05, 0) is 23.1 Å². The Balaban J connectivity index is 2.02. The maximum atomic E-state index is 6.14. The van der Waals surface area contributed by atoms with Crippen molar-refractivity contribution in [2.45, 2.75) is 25.8 Å². The molecule has 0 unspecified atom stereocenters. The summed E-state index contributed by atoms with van der Waals surface area (Å²) in [6.45, 7) is 4.58. The molecule has 3 rings (SSSR count). The Morgan fingerprint density at radius 1 is 1.38 bits per heavy atom. The Kier molecular flexibility index (Phi) is 1.95. The van der Waals surface area contributed by atoms with Crippen LogP contribution in [0, 0.1) is 5.41 Å². The van der Waals surface area contributed by atoms with Gasteiger partial charge >= 0.3 is 0 Å². The van der Waals surface area contributed by atoms with Gasteiger partial charge in [0, 0.05) is 12.0 Å². The maximum absolute atomic E-state index is 6.14. The summed E-state index contributed by atoms with van der Waals surface area (Å²) in [5, 5.41) is 0.611. The summed E-state index contributed by atoms with van der Waals surface area (Å²) in [7, 11) is 0. The fraction of sp³-hybridized carbons (Fsp3) is 0.500. The summed E-state index contributed by atoms with van der Waals surface area (Å²) in [5.74, 6) is 1.74. The van der Waals surface area contributed by atoms with Gasteiger partial charge in [0.05, 0.1) is 5.02 Å². The van der Waals surface area contributed by atoms with E-state index < -0.39 is 0 Å². The Hall–Kier alpha value is -0.930. The first-order valence-electron chi connectivity index (χ1n) is 5.36. The molecule has 3 nitrogen and oxygen atoms in total. The number of rotatable bonds is 1. The van der Waals surface area contributed by atoms with Crippen LogP contribution in [0.3, 0.4) is 0 Å². The Morgan fingerprint density at radius 2 is 2.06 bits per heavy atom. The second-order valence-electron chi connectivity index (χ2n) is 5.06. The summed E-state index contributed by atoms with van der Waals surface area (Å²) < 4.78 is 10.6. The molecule has 2 atom stereocenters.